The van der Waals surface area contributed by atoms with Crippen LogP contribution in [0.2, 0.25) is 0 Å². The molecular weight excluding hydrogens is 376 g/mol. The minimum atomic E-state index is -0.0576. The molecule has 1 aromatic heterocycles. The molecule has 5 heteroatoms. The van der Waals surface area contributed by atoms with Crippen LogP contribution in [0.1, 0.15) is 64.2 Å². The van der Waals surface area contributed by atoms with Crippen molar-refractivity contribution in [1.29, 1.82) is 0 Å². The van der Waals surface area contributed by atoms with E-state index in [4.69, 9.17) is 4.42 Å². The Morgan fingerprint density at radius 3 is 2.30 bits per heavy atom. The molecule has 1 heterocycles. The van der Waals surface area contributed by atoms with Gasteiger partial charge < -0.3 is 14.2 Å². The highest BCUT2D eigenvalue weighted by molar-refractivity contribution is 5.84. The molecule has 30 heavy (non-hydrogen) atoms. The lowest BCUT2D eigenvalue weighted by Crippen LogP contribution is -2.43. The molecule has 1 aromatic carbocycles. The summed E-state index contributed by atoms with van der Waals surface area (Å²) in [5.74, 6) is 1.06. The number of carbonyl (C=O) groups is 2. The van der Waals surface area contributed by atoms with Gasteiger partial charge in [0.15, 0.2) is 0 Å². The molecule has 0 bridgehead atoms. The number of unbranched alkanes of at least 4 members (excludes halogenated alkanes) is 3. The number of benzene rings is 1. The second kappa shape index (κ2) is 12.9. The molecule has 0 aliphatic heterocycles. The van der Waals surface area contributed by atoms with Crippen molar-refractivity contribution >= 4 is 11.8 Å². The Balaban J connectivity index is 2.07. The first kappa shape index (κ1) is 23.7. The SMILES string of the molecule is CCCCCCC(=O)N(CC(=O)N(Cc1ccccc1)Cc1ccco1)CC(C)C. The molecule has 2 amide bonds. The van der Waals surface area contributed by atoms with Gasteiger partial charge in [-0.05, 0) is 30.0 Å². The molecule has 164 valence electrons. The van der Waals surface area contributed by atoms with Crippen molar-refractivity contribution < 1.29 is 14.0 Å². The van der Waals surface area contributed by atoms with Gasteiger partial charge in [0, 0.05) is 19.5 Å². The summed E-state index contributed by atoms with van der Waals surface area (Å²) < 4.78 is 5.47. The number of carbonyl (C=O) groups excluding carboxylic acids is 2. The molecular formula is C25H36N2O3. The van der Waals surface area contributed by atoms with Crippen LogP contribution in [0.5, 0.6) is 0 Å². The number of nitrogens with zero attached hydrogens (tertiary/aromatic N) is 2. The molecule has 0 atom stereocenters. The molecule has 0 unspecified atom stereocenters. The molecule has 0 radical (unpaired) electrons. The quantitative estimate of drug-likeness (QED) is 0.422. The normalized spacial score (nSPS) is 10.9. The first-order valence-corrected chi connectivity index (χ1v) is 11.1. The zero-order valence-electron chi connectivity index (χ0n) is 18.7. The molecule has 0 spiro atoms. The molecule has 0 saturated carbocycles. The van der Waals surface area contributed by atoms with E-state index in [-0.39, 0.29) is 18.4 Å². The lowest BCUT2D eigenvalue weighted by molar-refractivity contribution is -0.141. The Labute approximate surface area is 181 Å². The van der Waals surface area contributed by atoms with Crippen LogP contribution in [0, 0.1) is 5.92 Å². The Kier molecular flexibility index (Phi) is 10.2. The molecule has 5 nitrogen and oxygen atoms in total. The highest BCUT2D eigenvalue weighted by atomic mass is 16.3. The van der Waals surface area contributed by atoms with Crippen molar-refractivity contribution in [2.45, 2.75) is 66.0 Å². The van der Waals surface area contributed by atoms with Gasteiger partial charge in [-0.3, -0.25) is 9.59 Å². The average Bonchev–Trinajstić information content (AvgIpc) is 3.23. The number of hydrogen-bond acceptors (Lipinski definition) is 3. The molecule has 0 aliphatic rings. The summed E-state index contributed by atoms with van der Waals surface area (Å²) >= 11 is 0. The first-order chi connectivity index (χ1) is 14.5. The summed E-state index contributed by atoms with van der Waals surface area (Å²) in [6.45, 7) is 7.89. The van der Waals surface area contributed by atoms with E-state index in [2.05, 4.69) is 20.8 Å². The van der Waals surface area contributed by atoms with E-state index in [0.717, 1.165) is 37.0 Å². The number of rotatable bonds is 13. The first-order valence-electron chi connectivity index (χ1n) is 11.1. The van der Waals surface area contributed by atoms with E-state index in [0.29, 0.717) is 32.0 Å². The van der Waals surface area contributed by atoms with Crippen molar-refractivity contribution in [3.63, 3.8) is 0 Å². The summed E-state index contributed by atoms with van der Waals surface area (Å²) in [5.41, 5.74) is 1.05. The second-order valence-electron chi connectivity index (χ2n) is 8.29. The van der Waals surface area contributed by atoms with Crippen molar-refractivity contribution in [2.24, 2.45) is 5.92 Å². The van der Waals surface area contributed by atoms with Crippen LogP contribution in [0.15, 0.2) is 53.1 Å². The maximum Gasteiger partial charge on any atom is 0.242 e. The zero-order chi connectivity index (χ0) is 21.8. The Morgan fingerprint density at radius 2 is 1.67 bits per heavy atom. The monoisotopic (exact) mass is 412 g/mol. The fraction of sp³-hybridized carbons (Fsp3) is 0.520. The summed E-state index contributed by atoms with van der Waals surface area (Å²) in [5, 5.41) is 0. The standard InChI is InChI=1S/C25H36N2O3/c1-4-5-6-10-15-24(28)26(17-21(2)3)20-25(29)27(19-23-14-11-16-30-23)18-22-12-8-7-9-13-22/h7-9,11-14,16,21H,4-6,10,15,17-20H2,1-3H3. The zero-order valence-corrected chi connectivity index (χ0v) is 18.7. The Morgan fingerprint density at radius 1 is 0.900 bits per heavy atom. The highest BCUT2D eigenvalue weighted by Gasteiger charge is 2.22. The predicted molar refractivity (Wildman–Crippen MR) is 120 cm³/mol. The predicted octanol–water partition coefficient (Wildman–Crippen LogP) is 5.26. The highest BCUT2D eigenvalue weighted by Crippen LogP contribution is 2.13. The number of amides is 2. The molecule has 0 N–H and O–H groups in total. The van der Waals surface area contributed by atoms with Crippen molar-refractivity contribution in [3.8, 4) is 0 Å². The Bertz CT molecular complexity index is 741. The largest absolute Gasteiger partial charge is 0.467 e. The van der Waals surface area contributed by atoms with Gasteiger partial charge in [-0.25, -0.2) is 0 Å². The third-order valence-electron chi connectivity index (χ3n) is 5.00. The smallest absolute Gasteiger partial charge is 0.242 e. The summed E-state index contributed by atoms with van der Waals surface area (Å²) in [6, 6.07) is 13.6. The molecule has 2 rings (SSSR count). The van der Waals surface area contributed by atoms with Crippen LogP contribution in [0.3, 0.4) is 0 Å². The van der Waals surface area contributed by atoms with Crippen molar-refractivity contribution in [2.75, 3.05) is 13.1 Å². The van der Waals surface area contributed by atoms with E-state index in [9.17, 15) is 9.59 Å². The van der Waals surface area contributed by atoms with Crippen LogP contribution in [0.4, 0.5) is 0 Å². The number of furan rings is 1. The molecule has 2 aromatic rings. The third kappa shape index (κ3) is 8.44. The van der Waals surface area contributed by atoms with Gasteiger partial charge in [0.25, 0.3) is 0 Å². The fourth-order valence-electron chi connectivity index (χ4n) is 3.45. The Hall–Kier alpha value is -2.56. The van der Waals surface area contributed by atoms with Gasteiger partial charge >= 0.3 is 0 Å². The van der Waals surface area contributed by atoms with Crippen molar-refractivity contribution in [1.82, 2.24) is 9.80 Å². The summed E-state index contributed by atoms with van der Waals surface area (Å²) in [6.07, 6.45) is 6.36. The van der Waals surface area contributed by atoms with E-state index in [1.165, 1.54) is 0 Å². The van der Waals surface area contributed by atoms with Gasteiger partial charge in [-0.15, -0.1) is 0 Å². The number of hydrogen-bond donors (Lipinski definition) is 0. The van der Waals surface area contributed by atoms with Crippen molar-refractivity contribution in [3.05, 3.63) is 60.1 Å². The van der Waals surface area contributed by atoms with Crippen LogP contribution >= 0.6 is 0 Å². The van der Waals surface area contributed by atoms with Crippen LogP contribution < -0.4 is 0 Å². The molecule has 0 aliphatic carbocycles. The summed E-state index contributed by atoms with van der Waals surface area (Å²) in [7, 11) is 0. The van der Waals surface area contributed by atoms with Crippen LogP contribution in [-0.4, -0.2) is 34.7 Å². The molecule has 0 saturated heterocycles. The lowest BCUT2D eigenvalue weighted by atomic mass is 10.1. The lowest BCUT2D eigenvalue weighted by Gasteiger charge is -2.28. The van der Waals surface area contributed by atoms with E-state index < -0.39 is 0 Å². The maximum atomic E-state index is 13.2. The van der Waals surface area contributed by atoms with E-state index in [1.807, 2.05) is 42.5 Å². The van der Waals surface area contributed by atoms with Crippen LogP contribution in [0.25, 0.3) is 0 Å². The minimum absolute atomic E-state index is 0.0576. The van der Waals surface area contributed by atoms with E-state index >= 15 is 0 Å². The van der Waals surface area contributed by atoms with Gasteiger partial charge in [0.05, 0.1) is 19.4 Å². The van der Waals surface area contributed by atoms with Crippen LogP contribution in [-0.2, 0) is 22.7 Å². The van der Waals surface area contributed by atoms with Gasteiger partial charge in [0.2, 0.25) is 11.8 Å². The third-order valence-corrected chi connectivity index (χ3v) is 5.00. The fourth-order valence-corrected chi connectivity index (χ4v) is 3.45. The van der Waals surface area contributed by atoms with Gasteiger partial charge in [-0.2, -0.15) is 0 Å². The summed E-state index contributed by atoms with van der Waals surface area (Å²) in [4.78, 5) is 29.6. The second-order valence-corrected chi connectivity index (χ2v) is 8.29. The average molecular weight is 413 g/mol. The van der Waals surface area contributed by atoms with Gasteiger partial charge in [-0.1, -0.05) is 70.4 Å². The molecule has 0 fully saturated rings. The van der Waals surface area contributed by atoms with Gasteiger partial charge in [0.1, 0.15) is 5.76 Å². The topological polar surface area (TPSA) is 53.8 Å². The van der Waals surface area contributed by atoms with E-state index in [1.54, 1.807) is 16.1 Å². The maximum absolute atomic E-state index is 13.2. The minimum Gasteiger partial charge on any atom is -0.467 e.